The second-order valence-corrected chi connectivity index (χ2v) is 6.01. The fourth-order valence-electron chi connectivity index (χ4n) is 2.22. The third kappa shape index (κ3) is 5.80. The van der Waals surface area contributed by atoms with Gasteiger partial charge in [-0.3, -0.25) is 14.6 Å². The Kier molecular flexibility index (Phi) is 5.56. The highest BCUT2D eigenvalue weighted by molar-refractivity contribution is 5.77. The van der Waals surface area contributed by atoms with E-state index in [1.807, 2.05) is 13.8 Å². The lowest BCUT2D eigenvalue weighted by Gasteiger charge is -2.27. The second-order valence-electron chi connectivity index (χ2n) is 6.01. The van der Waals surface area contributed by atoms with Crippen molar-refractivity contribution in [3.63, 3.8) is 0 Å². The number of carbonyl (C=O) groups is 1. The zero-order valence-electron chi connectivity index (χ0n) is 12.1. The van der Waals surface area contributed by atoms with Crippen molar-refractivity contribution < 1.29 is 9.90 Å². The van der Waals surface area contributed by atoms with Crippen LogP contribution in [0.25, 0.3) is 0 Å². The molecule has 0 radical (unpaired) electrons. The minimum absolute atomic E-state index is 0.158. The van der Waals surface area contributed by atoms with Crippen LogP contribution >= 0.6 is 0 Å². The van der Waals surface area contributed by atoms with Gasteiger partial charge in [0.05, 0.1) is 12.1 Å². The molecule has 0 aromatic heterocycles. The van der Waals surface area contributed by atoms with Crippen LogP contribution in [0.15, 0.2) is 0 Å². The van der Waals surface area contributed by atoms with Crippen molar-refractivity contribution in [2.24, 2.45) is 0 Å². The zero-order chi connectivity index (χ0) is 13.8. The van der Waals surface area contributed by atoms with E-state index in [9.17, 15) is 9.90 Å². The molecule has 0 saturated carbocycles. The number of nitrogens with zero attached hydrogens (tertiary/aromatic N) is 3. The van der Waals surface area contributed by atoms with Crippen LogP contribution in [-0.2, 0) is 4.79 Å². The Bertz CT molecular complexity index is 274. The smallest absolute Gasteiger partial charge is 0.236 e. The maximum Gasteiger partial charge on any atom is 0.236 e. The first-order valence-electron chi connectivity index (χ1n) is 6.65. The molecule has 0 unspecified atom stereocenters. The van der Waals surface area contributed by atoms with E-state index in [4.69, 9.17) is 0 Å². The third-order valence-corrected chi connectivity index (χ3v) is 3.15. The SMILES string of the molecule is CN(C)C(=O)CN1CCCN(CC(C)(C)O)CC1. The Balaban J connectivity index is 2.39. The fraction of sp³-hybridized carbons (Fsp3) is 0.923. The van der Waals surface area contributed by atoms with Gasteiger partial charge >= 0.3 is 0 Å². The molecule has 0 aromatic rings. The highest BCUT2D eigenvalue weighted by atomic mass is 16.3. The lowest BCUT2D eigenvalue weighted by molar-refractivity contribution is -0.129. The monoisotopic (exact) mass is 257 g/mol. The summed E-state index contributed by atoms with van der Waals surface area (Å²) in [5.74, 6) is 0.158. The number of amides is 1. The molecule has 1 amide bonds. The molecule has 0 aliphatic carbocycles. The maximum atomic E-state index is 11.7. The van der Waals surface area contributed by atoms with Crippen molar-refractivity contribution in [2.45, 2.75) is 25.9 Å². The normalized spacial score (nSPS) is 19.6. The molecule has 1 rings (SSSR count). The first kappa shape index (κ1) is 15.4. The fourth-order valence-corrected chi connectivity index (χ4v) is 2.22. The van der Waals surface area contributed by atoms with Gasteiger partial charge in [0, 0.05) is 33.7 Å². The summed E-state index contributed by atoms with van der Waals surface area (Å²) in [6, 6.07) is 0. The van der Waals surface area contributed by atoms with Crippen LogP contribution < -0.4 is 0 Å². The molecule has 0 bridgehead atoms. The van der Waals surface area contributed by atoms with Crippen molar-refractivity contribution in [3.05, 3.63) is 0 Å². The van der Waals surface area contributed by atoms with E-state index in [2.05, 4.69) is 9.80 Å². The van der Waals surface area contributed by atoms with Crippen molar-refractivity contribution in [2.75, 3.05) is 53.4 Å². The minimum Gasteiger partial charge on any atom is -0.389 e. The van der Waals surface area contributed by atoms with E-state index in [1.54, 1.807) is 19.0 Å². The number of likely N-dealkylation sites (N-methyl/N-ethyl adjacent to an activating group) is 1. The Morgan fingerprint density at radius 1 is 1.17 bits per heavy atom. The molecular formula is C13H27N3O2. The number of rotatable bonds is 4. The quantitative estimate of drug-likeness (QED) is 0.761. The Labute approximate surface area is 110 Å². The van der Waals surface area contributed by atoms with Crippen LogP contribution in [0.3, 0.4) is 0 Å². The summed E-state index contributed by atoms with van der Waals surface area (Å²) in [6.45, 7) is 8.65. The average molecular weight is 257 g/mol. The number of carbonyl (C=O) groups excluding carboxylic acids is 1. The Hall–Kier alpha value is -0.650. The molecule has 5 heteroatoms. The van der Waals surface area contributed by atoms with Crippen LogP contribution in [0, 0.1) is 0 Å². The molecule has 106 valence electrons. The molecule has 1 aliphatic rings. The lowest BCUT2D eigenvalue weighted by atomic mass is 10.1. The van der Waals surface area contributed by atoms with Gasteiger partial charge in [-0.25, -0.2) is 0 Å². The van der Waals surface area contributed by atoms with Gasteiger partial charge in [0.1, 0.15) is 0 Å². The van der Waals surface area contributed by atoms with E-state index in [-0.39, 0.29) is 5.91 Å². The van der Waals surface area contributed by atoms with Gasteiger partial charge in [0.2, 0.25) is 5.91 Å². The van der Waals surface area contributed by atoms with Crippen LogP contribution in [0.5, 0.6) is 0 Å². The van der Waals surface area contributed by atoms with Gasteiger partial charge in [0.15, 0.2) is 0 Å². The summed E-state index contributed by atoms with van der Waals surface area (Å²) in [7, 11) is 3.58. The van der Waals surface area contributed by atoms with Gasteiger partial charge in [-0.15, -0.1) is 0 Å². The molecular weight excluding hydrogens is 230 g/mol. The van der Waals surface area contributed by atoms with Crippen molar-refractivity contribution in [1.82, 2.24) is 14.7 Å². The van der Waals surface area contributed by atoms with Gasteiger partial charge < -0.3 is 10.0 Å². The first-order valence-corrected chi connectivity index (χ1v) is 6.65. The summed E-state index contributed by atoms with van der Waals surface area (Å²) in [4.78, 5) is 17.8. The second kappa shape index (κ2) is 6.50. The van der Waals surface area contributed by atoms with Crippen LogP contribution in [0.2, 0.25) is 0 Å². The Morgan fingerprint density at radius 3 is 2.28 bits per heavy atom. The van der Waals surface area contributed by atoms with Crippen molar-refractivity contribution >= 4 is 5.91 Å². The molecule has 0 spiro atoms. The van der Waals surface area contributed by atoms with E-state index in [1.165, 1.54) is 0 Å². The maximum absolute atomic E-state index is 11.7. The first-order chi connectivity index (χ1) is 8.28. The van der Waals surface area contributed by atoms with E-state index < -0.39 is 5.60 Å². The molecule has 1 aliphatic heterocycles. The summed E-state index contributed by atoms with van der Waals surface area (Å²) < 4.78 is 0. The molecule has 1 saturated heterocycles. The number of aliphatic hydroxyl groups is 1. The highest BCUT2D eigenvalue weighted by Gasteiger charge is 2.22. The minimum atomic E-state index is -0.644. The zero-order valence-corrected chi connectivity index (χ0v) is 12.1. The summed E-state index contributed by atoms with van der Waals surface area (Å²) in [5.41, 5.74) is -0.644. The molecule has 18 heavy (non-hydrogen) atoms. The predicted octanol–water partition coefficient (Wildman–Crippen LogP) is -0.147. The predicted molar refractivity (Wildman–Crippen MR) is 72.5 cm³/mol. The van der Waals surface area contributed by atoms with Gasteiger partial charge in [-0.1, -0.05) is 0 Å². The van der Waals surface area contributed by atoms with Gasteiger partial charge in [-0.2, -0.15) is 0 Å². The van der Waals surface area contributed by atoms with Crippen LogP contribution in [-0.4, -0.2) is 84.7 Å². The van der Waals surface area contributed by atoms with E-state index in [0.717, 1.165) is 32.6 Å². The largest absolute Gasteiger partial charge is 0.389 e. The summed E-state index contributed by atoms with van der Waals surface area (Å²) in [5, 5.41) is 9.83. The third-order valence-electron chi connectivity index (χ3n) is 3.15. The Morgan fingerprint density at radius 2 is 1.72 bits per heavy atom. The topological polar surface area (TPSA) is 47.0 Å². The molecule has 0 aromatic carbocycles. The number of β-amino-alcohol motifs (C(OH)–C–C–N with tert-alkyl or cyclic N) is 1. The standard InChI is InChI=1S/C13H27N3O2/c1-13(2,18)11-16-7-5-6-15(8-9-16)10-12(17)14(3)4/h18H,5-11H2,1-4H3. The number of hydrogen-bond acceptors (Lipinski definition) is 4. The molecule has 0 atom stereocenters. The number of hydrogen-bond donors (Lipinski definition) is 1. The van der Waals surface area contributed by atoms with E-state index >= 15 is 0 Å². The van der Waals surface area contributed by atoms with Crippen molar-refractivity contribution in [3.8, 4) is 0 Å². The summed E-state index contributed by atoms with van der Waals surface area (Å²) >= 11 is 0. The molecule has 1 fully saturated rings. The van der Waals surface area contributed by atoms with Crippen LogP contribution in [0.4, 0.5) is 0 Å². The van der Waals surface area contributed by atoms with Crippen molar-refractivity contribution in [1.29, 1.82) is 0 Å². The van der Waals surface area contributed by atoms with E-state index in [0.29, 0.717) is 13.1 Å². The lowest BCUT2D eigenvalue weighted by Crippen LogP contribution is -2.41. The molecule has 5 nitrogen and oxygen atoms in total. The molecule has 1 heterocycles. The molecule has 1 N–H and O–H groups in total. The van der Waals surface area contributed by atoms with Crippen LogP contribution in [0.1, 0.15) is 20.3 Å². The van der Waals surface area contributed by atoms with Gasteiger partial charge in [0.25, 0.3) is 0 Å². The summed E-state index contributed by atoms with van der Waals surface area (Å²) in [6.07, 6.45) is 1.05. The van der Waals surface area contributed by atoms with Gasteiger partial charge in [-0.05, 0) is 33.4 Å². The highest BCUT2D eigenvalue weighted by Crippen LogP contribution is 2.09. The average Bonchev–Trinajstić information content (AvgIpc) is 2.41.